The summed E-state index contributed by atoms with van der Waals surface area (Å²) in [5.41, 5.74) is 3.92. The summed E-state index contributed by atoms with van der Waals surface area (Å²) in [5.74, 6) is 1.05. The highest BCUT2D eigenvalue weighted by Gasteiger charge is 2.40. The van der Waals surface area contributed by atoms with Crippen LogP contribution >= 0.6 is 0 Å². The van der Waals surface area contributed by atoms with Crippen molar-refractivity contribution < 1.29 is 18.3 Å². The Labute approximate surface area is 220 Å². The number of sulfonamides is 1. The fourth-order valence-corrected chi connectivity index (χ4v) is 5.84. The van der Waals surface area contributed by atoms with Crippen molar-refractivity contribution in [3.8, 4) is 5.75 Å². The molecule has 4 rings (SSSR count). The average Bonchev–Trinajstić information content (AvgIpc) is 3.29. The van der Waals surface area contributed by atoms with Gasteiger partial charge in [-0.2, -0.15) is 0 Å². The number of hydrogen-bond donors (Lipinski definition) is 3. The van der Waals surface area contributed by atoms with Crippen molar-refractivity contribution in [2.24, 2.45) is 5.92 Å². The minimum absolute atomic E-state index is 0.0681. The van der Waals surface area contributed by atoms with Crippen LogP contribution in [0.3, 0.4) is 0 Å². The van der Waals surface area contributed by atoms with E-state index in [4.69, 9.17) is 4.74 Å². The number of benzene rings is 3. The molecular formula is C29H37N3O4S. The van der Waals surface area contributed by atoms with E-state index in [2.05, 4.69) is 59.2 Å². The van der Waals surface area contributed by atoms with Gasteiger partial charge in [-0.15, -0.1) is 0 Å². The molecule has 1 aliphatic rings. The van der Waals surface area contributed by atoms with Gasteiger partial charge in [-0.25, -0.2) is 8.42 Å². The number of nitrogens with zero attached hydrogens (tertiary/aromatic N) is 1. The van der Waals surface area contributed by atoms with Crippen molar-refractivity contribution in [2.75, 3.05) is 37.9 Å². The van der Waals surface area contributed by atoms with Crippen molar-refractivity contribution in [2.45, 2.75) is 31.0 Å². The molecule has 0 aliphatic carbocycles. The van der Waals surface area contributed by atoms with Crippen LogP contribution in [0.4, 0.5) is 5.69 Å². The van der Waals surface area contributed by atoms with E-state index in [9.17, 15) is 13.5 Å². The Morgan fingerprint density at radius 1 is 1.05 bits per heavy atom. The number of nitrogens with one attached hydrogen (secondary N) is 2. The lowest BCUT2D eigenvalue weighted by molar-refractivity contribution is 0.241. The molecule has 0 saturated carbocycles. The van der Waals surface area contributed by atoms with E-state index in [1.165, 1.54) is 21.7 Å². The summed E-state index contributed by atoms with van der Waals surface area (Å²) in [5, 5.41) is 17.3. The molecule has 37 heavy (non-hydrogen) atoms. The Morgan fingerprint density at radius 3 is 2.22 bits per heavy atom. The van der Waals surface area contributed by atoms with Crippen LogP contribution in [0.5, 0.6) is 5.75 Å². The van der Waals surface area contributed by atoms with Crippen LogP contribution in [0.25, 0.3) is 0 Å². The first kappa shape index (κ1) is 27.1. The highest BCUT2D eigenvalue weighted by molar-refractivity contribution is 7.92. The van der Waals surface area contributed by atoms with Crippen LogP contribution in [0.15, 0.2) is 78.9 Å². The molecule has 1 aliphatic heterocycles. The predicted molar refractivity (Wildman–Crippen MR) is 149 cm³/mol. The van der Waals surface area contributed by atoms with Gasteiger partial charge < -0.3 is 20.5 Å². The lowest BCUT2D eigenvalue weighted by Gasteiger charge is -2.32. The summed E-state index contributed by atoms with van der Waals surface area (Å²) in [6.45, 7) is 1.42. The Bertz CT molecular complexity index is 1220. The van der Waals surface area contributed by atoms with Crippen LogP contribution in [0.2, 0.25) is 0 Å². The number of anilines is 1. The highest BCUT2D eigenvalue weighted by atomic mass is 32.2. The van der Waals surface area contributed by atoms with Crippen molar-refractivity contribution in [3.63, 3.8) is 0 Å². The third kappa shape index (κ3) is 6.33. The molecule has 1 fully saturated rings. The van der Waals surface area contributed by atoms with Gasteiger partial charge in [-0.1, -0.05) is 60.7 Å². The first-order valence-electron chi connectivity index (χ1n) is 12.6. The van der Waals surface area contributed by atoms with Gasteiger partial charge in [0.15, 0.2) is 0 Å². The van der Waals surface area contributed by atoms with Gasteiger partial charge >= 0.3 is 0 Å². The Hall–Kier alpha value is -2.91. The van der Waals surface area contributed by atoms with E-state index < -0.39 is 10.0 Å². The summed E-state index contributed by atoms with van der Waals surface area (Å²) < 4.78 is 31.1. The first-order chi connectivity index (χ1) is 17.8. The van der Waals surface area contributed by atoms with Gasteiger partial charge in [0.2, 0.25) is 10.0 Å². The fourth-order valence-electron chi connectivity index (χ4n) is 5.35. The molecule has 3 atom stereocenters. The van der Waals surface area contributed by atoms with Crippen molar-refractivity contribution in [1.82, 2.24) is 10.6 Å². The standard InChI is InChI=1S/C29H37N3O4S/c1-32(37(3,34)35)25-14-15-26(36-2)24(18-25)20-30-28-23(16-17-33)19-31-29(28)27(21-10-6-4-7-11-21)22-12-8-5-9-13-22/h4-15,18,23,27-31,33H,16-17,19-20H2,1-3H3/t23-,28-,29-/m0/s1. The number of aliphatic hydroxyl groups is 1. The summed E-state index contributed by atoms with van der Waals surface area (Å²) in [6, 6.07) is 26.6. The normalized spacial score (nSPS) is 19.8. The molecule has 3 aromatic rings. The first-order valence-corrected chi connectivity index (χ1v) is 14.5. The zero-order valence-electron chi connectivity index (χ0n) is 21.7. The van der Waals surface area contributed by atoms with Crippen molar-refractivity contribution in [3.05, 3.63) is 95.6 Å². The minimum atomic E-state index is -3.39. The average molecular weight is 524 g/mol. The number of rotatable bonds is 11. The molecule has 198 valence electrons. The Kier molecular flexibility index (Phi) is 8.87. The maximum Gasteiger partial charge on any atom is 0.231 e. The lowest BCUT2D eigenvalue weighted by atomic mass is 9.80. The predicted octanol–water partition coefficient (Wildman–Crippen LogP) is 3.35. The molecular weight excluding hydrogens is 486 g/mol. The van der Waals surface area contributed by atoms with Crippen LogP contribution in [0, 0.1) is 5.92 Å². The summed E-state index contributed by atoms with van der Waals surface area (Å²) in [6.07, 6.45) is 1.88. The van der Waals surface area contributed by atoms with E-state index in [1.54, 1.807) is 26.3 Å². The van der Waals surface area contributed by atoms with Crippen LogP contribution < -0.4 is 19.7 Å². The second kappa shape index (κ2) is 12.1. The topological polar surface area (TPSA) is 90.9 Å². The number of methoxy groups -OCH3 is 1. The summed E-state index contributed by atoms with van der Waals surface area (Å²) >= 11 is 0. The van der Waals surface area contributed by atoms with Gasteiger partial charge in [0.1, 0.15) is 5.75 Å². The zero-order valence-corrected chi connectivity index (χ0v) is 22.5. The van der Waals surface area contributed by atoms with E-state index in [1.807, 2.05) is 18.2 Å². The van der Waals surface area contributed by atoms with Gasteiger partial charge in [0.05, 0.1) is 19.1 Å². The molecule has 3 N–H and O–H groups in total. The number of aliphatic hydroxyl groups excluding tert-OH is 1. The van der Waals surface area contributed by atoms with Crippen LogP contribution in [-0.4, -0.2) is 59.2 Å². The quantitative estimate of drug-likeness (QED) is 0.357. The molecule has 0 bridgehead atoms. The Morgan fingerprint density at radius 2 is 1.68 bits per heavy atom. The van der Waals surface area contributed by atoms with Crippen LogP contribution in [-0.2, 0) is 16.6 Å². The second-order valence-corrected chi connectivity index (χ2v) is 11.7. The third-order valence-electron chi connectivity index (χ3n) is 7.34. The molecule has 0 unspecified atom stereocenters. The highest BCUT2D eigenvalue weighted by Crippen LogP contribution is 2.35. The summed E-state index contributed by atoms with van der Waals surface area (Å²) in [7, 11) is -0.218. The molecule has 0 spiro atoms. The van der Waals surface area contributed by atoms with Crippen molar-refractivity contribution in [1.29, 1.82) is 0 Å². The third-order valence-corrected chi connectivity index (χ3v) is 8.55. The smallest absolute Gasteiger partial charge is 0.231 e. The van der Waals surface area contributed by atoms with Gasteiger partial charge in [0.25, 0.3) is 0 Å². The number of ether oxygens (including phenoxy) is 1. The lowest BCUT2D eigenvalue weighted by Crippen LogP contribution is -2.46. The molecule has 7 nitrogen and oxygen atoms in total. The van der Waals surface area contributed by atoms with Gasteiger partial charge in [-0.3, -0.25) is 4.31 Å². The molecule has 3 aromatic carbocycles. The van der Waals surface area contributed by atoms with Gasteiger partial charge in [0, 0.05) is 43.8 Å². The van der Waals surface area contributed by atoms with E-state index in [-0.39, 0.29) is 30.5 Å². The molecule has 8 heteroatoms. The van der Waals surface area contributed by atoms with Gasteiger partial charge in [-0.05, 0) is 48.2 Å². The molecule has 0 radical (unpaired) electrons. The largest absolute Gasteiger partial charge is 0.496 e. The SMILES string of the molecule is COc1ccc(N(C)S(C)(=O)=O)cc1CN[C@H]1[C@@H](CCO)CN[C@H]1C(c1ccccc1)c1ccccc1. The fraction of sp³-hybridized carbons (Fsp3) is 0.379. The van der Waals surface area contributed by atoms with E-state index >= 15 is 0 Å². The molecule has 1 heterocycles. The zero-order chi connectivity index (χ0) is 26.4. The van der Waals surface area contributed by atoms with E-state index in [0.29, 0.717) is 24.4 Å². The monoisotopic (exact) mass is 523 g/mol. The number of hydrogen-bond acceptors (Lipinski definition) is 6. The summed E-state index contributed by atoms with van der Waals surface area (Å²) in [4.78, 5) is 0. The maximum atomic E-state index is 12.1. The molecule has 1 saturated heterocycles. The van der Waals surface area contributed by atoms with E-state index in [0.717, 1.165) is 12.1 Å². The Balaban J connectivity index is 1.66. The molecule has 0 aromatic heterocycles. The molecule has 0 amide bonds. The maximum absolute atomic E-state index is 12.1. The van der Waals surface area contributed by atoms with Crippen LogP contribution in [0.1, 0.15) is 29.0 Å². The second-order valence-electron chi connectivity index (χ2n) is 9.64. The minimum Gasteiger partial charge on any atom is -0.496 e. The van der Waals surface area contributed by atoms with Crippen molar-refractivity contribution >= 4 is 15.7 Å².